The van der Waals surface area contributed by atoms with Crippen molar-refractivity contribution in [2.24, 2.45) is 0 Å². The first kappa shape index (κ1) is 19.2. The monoisotopic (exact) mass is 390 g/mol. The minimum atomic E-state index is -0.151. The molecule has 4 rings (SSSR count). The van der Waals surface area contributed by atoms with Crippen molar-refractivity contribution in [2.45, 2.75) is 33.4 Å². The number of fused-ring (bicyclic) bond motifs is 3. The normalized spacial score (nSPS) is 11.6. The maximum Gasteiger partial charge on any atom is 0.272 e. The number of carbonyl (C=O) groups excluding carboxylic acids is 1. The summed E-state index contributed by atoms with van der Waals surface area (Å²) in [6.07, 6.45) is 1.68. The summed E-state index contributed by atoms with van der Waals surface area (Å²) in [4.78, 5) is 17.4. The molecule has 1 aromatic carbocycles. The number of amides is 1. The van der Waals surface area contributed by atoms with Gasteiger partial charge in [0.2, 0.25) is 0 Å². The molecule has 0 unspecified atom stereocenters. The standard InChI is InChI=1S/C23H26N4O2/c1-15(2)27-19-8-6-5-7-18(19)22-20(27)13-21(26(22)11-12-29-4)23(28)25-17-10-9-16(3)24-14-17/h5-10,13-15H,11-12H2,1-4H3,(H,25,28). The minimum Gasteiger partial charge on any atom is -0.383 e. The molecule has 6 nitrogen and oxygen atoms in total. The molecule has 3 heterocycles. The number of hydrogen-bond donors (Lipinski definition) is 1. The van der Waals surface area contributed by atoms with Gasteiger partial charge >= 0.3 is 0 Å². The minimum absolute atomic E-state index is 0.151. The zero-order valence-electron chi connectivity index (χ0n) is 17.3. The number of rotatable bonds is 6. The highest BCUT2D eigenvalue weighted by Gasteiger charge is 2.22. The molecule has 0 aliphatic carbocycles. The van der Waals surface area contributed by atoms with Crippen molar-refractivity contribution in [3.05, 3.63) is 60.0 Å². The predicted molar refractivity (Wildman–Crippen MR) is 117 cm³/mol. The van der Waals surface area contributed by atoms with Crippen LogP contribution in [-0.4, -0.2) is 33.7 Å². The van der Waals surface area contributed by atoms with Gasteiger partial charge in [-0.2, -0.15) is 0 Å². The van der Waals surface area contributed by atoms with Crippen LogP contribution in [0.4, 0.5) is 5.69 Å². The van der Waals surface area contributed by atoms with Crippen molar-refractivity contribution in [3.8, 4) is 0 Å². The Morgan fingerprint density at radius 2 is 1.97 bits per heavy atom. The Kier molecular flexibility index (Phi) is 5.11. The Labute approximate surface area is 170 Å². The lowest BCUT2D eigenvalue weighted by atomic mass is 10.2. The van der Waals surface area contributed by atoms with Crippen molar-refractivity contribution in [3.63, 3.8) is 0 Å². The van der Waals surface area contributed by atoms with Crippen molar-refractivity contribution >= 4 is 33.5 Å². The summed E-state index contributed by atoms with van der Waals surface area (Å²) in [7, 11) is 1.68. The highest BCUT2D eigenvalue weighted by molar-refractivity contribution is 6.12. The number of pyridine rings is 1. The van der Waals surface area contributed by atoms with Gasteiger partial charge < -0.3 is 19.2 Å². The van der Waals surface area contributed by atoms with E-state index in [1.807, 2.05) is 31.2 Å². The Morgan fingerprint density at radius 3 is 2.66 bits per heavy atom. The third-order valence-electron chi connectivity index (χ3n) is 5.19. The van der Waals surface area contributed by atoms with E-state index >= 15 is 0 Å². The third-order valence-corrected chi connectivity index (χ3v) is 5.19. The van der Waals surface area contributed by atoms with E-state index in [1.54, 1.807) is 13.3 Å². The molecule has 0 radical (unpaired) electrons. The number of hydrogen-bond acceptors (Lipinski definition) is 3. The Balaban J connectivity index is 1.87. The highest BCUT2D eigenvalue weighted by atomic mass is 16.5. The largest absolute Gasteiger partial charge is 0.383 e. The molecule has 0 bridgehead atoms. The van der Waals surface area contributed by atoms with Crippen molar-refractivity contribution in [2.75, 3.05) is 19.0 Å². The first-order valence-electron chi connectivity index (χ1n) is 9.86. The quantitative estimate of drug-likeness (QED) is 0.515. The zero-order chi connectivity index (χ0) is 20.5. The molecule has 1 N–H and O–H groups in total. The topological polar surface area (TPSA) is 61.1 Å². The smallest absolute Gasteiger partial charge is 0.272 e. The fraction of sp³-hybridized carbons (Fsp3) is 0.304. The van der Waals surface area contributed by atoms with Crippen LogP contribution in [0.25, 0.3) is 21.9 Å². The average Bonchev–Trinajstić information content (AvgIpc) is 3.22. The van der Waals surface area contributed by atoms with Gasteiger partial charge in [-0.3, -0.25) is 9.78 Å². The van der Waals surface area contributed by atoms with Gasteiger partial charge in [-0.25, -0.2) is 0 Å². The van der Waals surface area contributed by atoms with Gasteiger partial charge in [-0.05, 0) is 45.0 Å². The lowest BCUT2D eigenvalue weighted by Crippen LogP contribution is -2.18. The number of nitrogens with zero attached hydrogens (tertiary/aromatic N) is 3. The summed E-state index contributed by atoms with van der Waals surface area (Å²) in [5.74, 6) is -0.151. The molecule has 0 aliphatic heterocycles. The second kappa shape index (κ2) is 7.72. The van der Waals surface area contributed by atoms with Gasteiger partial charge in [0.15, 0.2) is 0 Å². The maximum absolute atomic E-state index is 13.2. The van der Waals surface area contributed by atoms with Crippen LogP contribution in [0.15, 0.2) is 48.7 Å². The Hall–Kier alpha value is -3.12. The number of aryl methyl sites for hydroxylation is 1. The molecule has 0 atom stereocenters. The van der Waals surface area contributed by atoms with E-state index < -0.39 is 0 Å². The summed E-state index contributed by atoms with van der Waals surface area (Å²) >= 11 is 0. The first-order valence-corrected chi connectivity index (χ1v) is 9.86. The van der Waals surface area contributed by atoms with E-state index in [9.17, 15) is 4.79 Å². The van der Waals surface area contributed by atoms with Crippen LogP contribution >= 0.6 is 0 Å². The molecule has 0 saturated heterocycles. The second-order valence-electron chi connectivity index (χ2n) is 7.53. The molecule has 1 amide bonds. The molecular weight excluding hydrogens is 364 g/mol. The van der Waals surface area contributed by atoms with Gasteiger partial charge in [-0.15, -0.1) is 0 Å². The number of benzene rings is 1. The van der Waals surface area contributed by atoms with E-state index in [4.69, 9.17) is 4.74 Å². The number of methoxy groups -OCH3 is 1. The number of ether oxygens (including phenoxy) is 1. The van der Waals surface area contributed by atoms with Crippen LogP contribution in [0.3, 0.4) is 0 Å². The number of aromatic nitrogens is 3. The van der Waals surface area contributed by atoms with E-state index in [-0.39, 0.29) is 11.9 Å². The summed E-state index contributed by atoms with van der Waals surface area (Å²) in [5, 5.41) is 4.12. The van der Waals surface area contributed by atoms with Gasteiger partial charge in [0, 0.05) is 30.8 Å². The van der Waals surface area contributed by atoms with Gasteiger partial charge in [0.05, 0.1) is 35.0 Å². The van der Waals surface area contributed by atoms with Gasteiger partial charge in [0.25, 0.3) is 5.91 Å². The van der Waals surface area contributed by atoms with Crippen molar-refractivity contribution in [1.29, 1.82) is 0 Å². The molecule has 3 aromatic heterocycles. The number of carbonyl (C=O) groups is 1. The van der Waals surface area contributed by atoms with E-state index in [0.29, 0.717) is 24.5 Å². The lowest BCUT2D eigenvalue weighted by molar-refractivity contribution is 0.101. The van der Waals surface area contributed by atoms with Crippen LogP contribution in [-0.2, 0) is 11.3 Å². The van der Waals surface area contributed by atoms with Gasteiger partial charge in [0.1, 0.15) is 5.69 Å². The zero-order valence-corrected chi connectivity index (χ0v) is 17.3. The molecule has 150 valence electrons. The lowest BCUT2D eigenvalue weighted by Gasteiger charge is -2.11. The van der Waals surface area contributed by atoms with Crippen LogP contribution in [0.1, 0.15) is 36.1 Å². The molecule has 29 heavy (non-hydrogen) atoms. The maximum atomic E-state index is 13.2. The molecule has 4 aromatic rings. The summed E-state index contributed by atoms with van der Waals surface area (Å²) in [6.45, 7) is 7.37. The van der Waals surface area contributed by atoms with E-state index in [1.165, 1.54) is 5.52 Å². The molecule has 0 spiro atoms. The summed E-state index contributed by atoms with van der Waals surface area (Å²) < 4.78 is 9.68. The average molecular weight is 390 g/mol. The molecule has 0 aliphatic rings. The SMILES string of the molecule is COCCn1c(C(=O)Nc2ccc(C)nc2)cc2c1c1ccccc1n2C(C)C. The van der Waals surface area contributed by atoms with Crippen LogP contribution < -0.4 is 5.32 Å². The van der Waals surface area contributed by atoms with Gasteiger partial charge in [-0.1, -0.05) is 18.2 Å². The summed E-state index contributed by atoms with van der Waals surface area (Å²) in [5.41, 5.74) is 5.51. The molecule has 0 saturated carbocycles. The summed E-state index contributed by atoms with van der Waals surface area (Å²) in [6, 6.07) is 14.4. The predicted octanol–water partition coefficient (Wildman–Crippen LogP) is 4.78. The Morgan fingerprint density at radius 1 is 1.17 bits per heavy atom. The highest BCUT2D eigenvalue weighted by Crippen LogP contribution is 2.34. The fourth-order valence-electron chi connectivity index (χ4n) is 3.91. The second-order valence-corrected chi connectivity index (χ2v) is 7.53. The van der Waals surface area contributed by atoms with Crippen LogP contribution in [0, 0.1) is 6.92 Å². The van der Waals surface area contributed by atoms with Crippen molar-refractivity contribution in [1.82, 2.24) is 14.1 Å². The van der Waals surface area contributed by atoms with Crippen LogP contribution in [0.5, 0.6) is 0 Å². The number of anilines is 1. The first-order chi connectivity index (χ1) is 14.0. The Bertz CT molecular complexity index is 1170. The molecule has 0 fully saturated rings. The number of para-hydroxylation sites is 1. The molecule has 6 heteroatoms. The third kappa shape index (κ3) is 3.40. The van der Waals surface area contributed by atoms with Crippen molar-refractivity contribution < 1.29 is 9.53 Å². The number of nitrogens with one attached hydrogen (secondary N) is 1. The van der Waals surface area contributed by atoms with Crippen LogP contribution in [0.2, 0.25) is 0 Å². The fourth-order valence-corrected chi connectivity index (χ4v) is 3.91. The molecular formula is C23H26N4O2. The van der Waals surface area contributed by atoms with E-state index in [0.717, 1.165) is 22.1 Å². The van der Waals surface area contributed by atoms with E-state index in [2.05, 4.69) is 51.5 Å².